The Morgan fingerprint density at radius 2 is 1.89 bits per heavy atom. The maximum atomic E-state index is 11.2. The number of carbonyl (C=O) groups excluding carboxylic acids is 1. The van der Waals surface area contributed by atoms with Gasteiger partial charge >= 0.3 is 5.97 Å². The number of hydrogen-bond donors (Lipinski definition) is 0. The molecule has 0 bridgehead atoms. The third-order valence-corrected chi connectivity index (χ3v) is 3.51. The standard InChI is InChI=1S/C9H8Cl2O4S.C2H6/c1-15-9(12)5-6-4-7(10)2-3-8(6)16(11,13)14;1-2/h2-4H,5H2,1H3;1-2H3. The SMILES string of the molecule is CC.COC(=O)Cc1cc(Cl)ccc1S(=O)(=O)Cl. The largest absolute Gasteiger partial charge is 0.469 e. The van der Waals surface area contributed by atoms with Gasteiger partial charge < -0.3 is 4.74 Å². The fourth-order valence-electron chi connectivity index (χ4n) is 1.15. The van der Waals surface area contributed by atoms with Crippen LogP contribution in [0.3, 0.4) is 0 Å². The minimum Gasteiger partial charge on any atom is -0.469 e. The van der Waals surface area contributed by atoms with Crippen LogP contribution in [0.15, 0.2) is 23.1 Å². The summed E-state index contributed by atoms with van der Waals surface area (Å²) in [5.74, 6) is -0.566. The summed E-state index contributed by atoms with van der Waals surface area (Å²) in [6.45, 7) is 4.00. The zero-order chi connectivity index (χ0) is 14.3. The molecule has 0 aromatic heterocycles. The van der Waals surface area contributed by atoms with Gasteiger partial charge in [-0.3, -0.25) is 4.79 Å². The molecule has 0 heterocycles. The summed E-state index contributed by atoms with van der Waals surface area (Å²) in [7, 11) is 2.53. The maximum Gasteiger partial charge on any atom is 0.310 e. The minimum absolute atomic E-state index is 0.135. The van der Waals surface area contributed by atoms with Crippen molar-refractivity contribution in [1.82, 2.24) is 0 Å². The van der Waals surface area contributed by atoms with Gasteiger partial charge in [0.25, 0.3) is 9.05 Å². The van der Waals surface area contributed by atoms with Gasteiger partial charge in [-0.05, 0) is 23.8 Å². The van der Waals surface area contributed by atoms with Gasteiger partial charge in [0.05, 0.1) is 18.4 Å². The van der Waals surface area contributed by atoms with E-state index < -0.39 is 15.0 Å². The van der Waals surface area contributed by atoms with E-state index in [4.69, 9.17) is 22.3 Å². The predicted octanol–water partition coefficient (Wildman–Crippen LogP) is 3.01. The molecule has 0 radical (unpaired) electrons. The van der Waals surface area contributed by atoms with Crippen molar-refractivity contribution in [1.29, 1.82) is 0 Å². The molecule has 0 aliphatic carbocycles. The normalized spacial score (nSPS) is 10.3. The first-order chi connectivity index (χ1) is 8.34. The van der Waals surface area contributed by atoms with Gasteiger partial charge in [-0.15, -0.1) is 0 Å². The van der Waals surface area contributed by atoms with E-state index in [1.165, 1.54) is 25.3 Å². The molecule has 7 heteroatoms. The van der Waals surface area contributed by atoms with E-state index in [2.05, 4.69) is 4.74 Å². The first-order valence-electron chi connectivity index (χ1n) is 5.14. The molecule has 0 saturated carbocycles. The molecule has 4 nitrogen and oxygen atoms in total. The molecule has 0 aliphatic heterocycles. The van der Waals surface area contributed by atoms with E-state index >= 15 is 0 Å². The number of benzene rings is 1. The average Bonchev–Trinajstić information content (AvgIpc) is 2.30. The summed E-state index contributed by atoms with van der Waals surface area (Å²) in [5.41, 5.74) is 0.217. The van der Waals surface area contributed by atoms with Gasteiger partial charge in [-0.25, -0.2) is 8.42 Å². The Morgan fingerprint density at radius 1 is 1.33 bits per heavy atom. The zero-order valence-electron chi connectivity index (χ0n) is 10.2. The Balaban J connectivity index is 0.00000137. The fraction of sp³-hybridized carbons (Fsp3) is 0.364. The van der Waals surface area contributed by atoms with Crippen LogP contribution in [0.2, 0.25) is 5.02 Å². The van der Waals surface area contributed by atoms with Crippen molar-refractivity contribution in [3.05, 3.63) is 28.8 Å². The van der Waals surface area contributed by atoms with Crippen molar-refractivity contribution in [3.63, 3.8) is 0 Å². The van der Waals surface area contributed by atoms with Gasteiger partial charge in [0.2, 0.25) is 0 Å². The van der Waals surface area contributed by atoms with Crippen LogP contribution in [-0.2, 0) is 25.0 Å². The summed E-state index contributed by atoms with van der Waals surface area (Å²) in [5, 5.41) is 0.322. The molecular formula is C11H14Cl2O4S. The summed E-state index contributed by atoms with van der Waals surface area (Å²) < 4.78 is 26.9. The van der Waals surface area contributed by atoms with Crippen LogP contribution >= 0.6 is 22.3 Å². The Bertz CT molecular complexity index is 512. The van der Waals surface area contributed by atoms with Crippen LogP contribution in [-0.4, -0.2) is 21.5 Å². The van der Waals surface area contributed by atoms with Crippen molar-refractivity contribution >= 4 is 37.3 Å². The predicted molar refractivity (Wildman–Crippen MR) is 71.6 cm³/mol. The smallest absolute Gasteiger partial charge is 0.310 e. The first-order valence-corrected chi connectivity index (χ1v) is 7.83. The van der Waals surface area contributed by atoms with E-state index in [0.29, 0.717) is 5.02 Å². The van der Waals surface area contributed by atoms with E-state index in [0.717, 1.165) is 0 Å². The van der Waals surface area contributed by atoms with Crippen molar-refractivity contribution in [2.24, 2.45) is 0 Å². The second-order valence-electron chi connectivity index (χ2n) is 2.94. The van der Waals surface area contributed by atoms with Gasteiger partial charge in [-0.1, -0.05) is 25.4 Å². The molecule has 0 spiro atoms. The maximum absolute atomic E-state index is 11.2. The molecular weight excluding hydrogens is 299 g/mol. The van der Waals surface area contributed by atoms with Crippen molar-refractivity contribution < 1.29 is 17.9 Å². The van der Waals surface area contributed by atoms with Crippen molar-refractivity contribution in [3.8, 4) is 0 Å². The molecule has 0 fully saturated rings. The zero-order valence-corrected chi connectivity index (χ0v) is 12.6. The van der Waals surface area contributed by atoms with Crippen molar-refractivity contribution in [2.75, 3.05) is 7.11 Å². The second kappa shape index (κ2) is 7.61. The third kappa shape index (κ3) is 5.25. The lowest BCUT2D eigenvalue weighted by Crippen LogP contribution is -2.08. The van der Waals surface area contributed by atoms with Gasteiger partial charge in [0.15, 0.2) is 0 Å². The lowest BCUT2D eigenvalue weighted by Gasteiger charge is -2.06. The van der Waals surface area contributed by atoms with Crippen LogP contribution in [0.25, 0.3) is 0 Å². The molecule has 1 rings (SSSR count). The minimum atomic E-state index is -3.90. The Hall–Kier alpha value is -0.780. The quantitative estimate of drug-likeness (QED) is 0.636. The van der Waals surface area contributed by atoms with Crippen LogP contribution in [0.1, 0.15) is 19.4 Å². The second-order valence-corrected chi connectivity index (χ2v) is 5.91. The van der Waals surface area contributed by atoms with Crippen LogP contribution in [0.5, 0.6) is 0 Å². The number of esters is 1. The Kier molecular flexibility index (Phi) is 7.28. The monoisotopic (exact) mass is 312 g/mol. The van der Waals surface area contributed by atoms with Gasteiger partial charge in [0, 0.05) is 15.7 Å². The molecule has 0 N–H and O–H groups in total. The summed E-state index contributed by atoms with van der Waals surface area (Å²) >= 11 is 5.70. The van der Waals surface area contributed by atoms with Gasteiger partial charge in [-0.2, -0.15) is 0 Å². The molecule has 102 valence electrons. The summed E-state index contributed by atoms with van der Waals surface area (Å²) in [4.78, 5) is 10.9. The number of ether oxygens (including phenoxy) is 1. The molecule has 0 aliphatic rings. The summed E-state index contributed by atoms with van der Waals surface area (Å²) in [6.07, 6.45) is -0.196. The van der Waals surface area contributed by atoms with E-state index in [1.54, 1.807) is 0 Å². The van der Waals surface area contributed by atoms with Crippen LogP contribution in [0, 0.1) is 0 Å². The number of hydrogen-bond acceptors (Lipinski definition) is 4. The van der Waals surface area contributed by atoms with Crippen LogP contribution in [0.4, 0.5) is 0 Å². The van der Waals surface area contributed by atoms with E-state index in [1.807, 2.05) is 13.8 Å². The highest BCUT2D eigenvalue weighted by Gasteiger charge is 2.18. The lowest BCUT2D eigenvalue weighted by atomic mass is 10.1. The molecule has 0 atom stereocenters. The Labute approximate surface area is 116 Å². The summed E-state index contributed by atoms with van der Waals surface area (Å²) in [6, 6.07) is 4.01. The average molecular weight is 313 g/mol. The first kappa shape index (κ1) is 17.2. The number of methoxy groups -OCH3 is 1. The molecule has 0 unspecified atom stereocenters. The highest BCUT2D eigenvalue weighted by Crippen LogP contribution is 2.24. The third-order valence-electron chi connectivity index (χ3n) is 1.85. The van der Waals surface area contributed by atoms with Crippen LogP contribution < -0.4 is 0 Å². The topological polar surface area (TPSA) is 60.4 Å². The highest BCUT2D eigenvalue weighted by atomic mass is 35.7. The number of halogens is 2. The number of rotatable bonds is 3. The molecule has 1 aromatic carbocycles. The molecule has 18 heavy (non-hydrogen) atoms. The molecule has 0 saturated heterocycles. The molecule has 1 aromatic rings. The lowest BCUT2D eigenvalue weighted by molar-refractivity contribution is -0.139. The van der Waals surface area contributed by atoms with E-state index in [9.17, 15) is 13.2 Å². The number of carbonyl (C=O) groups is 1. The Morgan fingerprint density at radius 3 is 2.33 bits per heavy atom. The van der Waals surface area contributed by atoms with Crippen molar-refractivity contribution in [2.45, 2.75) is 25.2 Å². The molecule has 0 amide bonds. The van der Waals surface area contributed by atoms with Gasteiger partial charge in [0.1, 0.15) is 0 Å². The highest BCUT2D eigenvalue weighted by molar-refractivity contribution is 8.13. The fourth-order valence-corrected chi connectivity index (χ4v) is 2.47. The van der Waals surface area contributed by atoms with E-state index in [-0.39, 0.29) is 16.9 Å².